The number of amides is 2. The van der Waals surface area contributed by atoms with Gasteiger partial charge in [-0.15, -0.1) is 6.58 Å². The van der Waals surface area contributed by atoms with Crippen LogP contribution >= 0.6 is 15.9 Å². The maximum atomic E-state index is 14.2. The summed E-state index contributed by atoms with van der Waals surface area (Å²) in [5.41, 5.74) is 1.92. The first-order valence-electron chi connectivity index (χ1n) is 11.6. The van der Waals surface area contributed by atoms with Crippen molar-refractivity contribution in [2.24, 2.45) is 5.92 Å². The van der Waals surface area contributed by atoms with E-state index < -0.39 is 29.9 Å². The molecule has 184 valence electrons. The first kappa shape index (κ1) is 25.4. The Kier molecular flexibility index (Phi) is 8.00. The van der Waals surface area contributed by atoms with E-state index in [2.05, 4.69) is 27.8 Å². The predicted molar refractivity (Wildman–Crippen MR) is 141 cm³/mol. The number of nitrogens with one attached hydrogen (secondary N) is 1. The summed E-state index contributed by atoms with van der Waals surface area (Å²) in [4.78, 5) is 42.9. The van der Waals surface area contributed by atoms with Gasteiger partial charge in [-0.05, 0) is 39.2 Å². The highest BCUT2D eigenvalue weighted by Crippen LogP contribution is 2.51. The van der Waals surface area contributed by atoms with E-state index in [4.69, 9.17) is 4.74 Å². The Morgan fingerprint density at radius 2 is 1.53 bits per heavy atom. The van der Waals surface area contributed by atoms with Crippen LogP contribution in [0.1, 0.15) is 33.4 Å². The van der Waals surface area contributed by atoms with E-state index in [0.717, 1.165) is 11.1 Å². The van der Waals surface area contributed by atoms with Gasteiger partial charge in [0.1, 0.15) is 6.04 Å². The number of methoxy groups -OCH3 is 1. The number of hydrogen-bond donors (Lipinski definition) is 1. The van der Waals surface area contributed by atoms with Crippen molar-refractivity contribution < 1.29 is 19.1 Å². The van der Waals surface area contributed by atoms with Crippen LogP contribution in [0.15, 0.2) is 102 Å². The second kappa shape index (κ2) is 11.4. The van der Waals surface area contributed by atoms with Crippen LogP contribution < -0.4 is 5.32 Å². The summed E-state index contributed by atoms with van der Waals surface area (Å²) in [6.45, 7) is 3.92. The van der Waals surface area contributed by atoms with Gasteiger partial charge in [0.05, 0.1) is 24.6 Å². The lowest BCUT2D eigenvalue weighted by molar-refractivity contribution is -0.146. The van der Waals surface area contributed by atoms with Gasteiger partial charge in [-0.25, -0.2) is 0 Å². The normalized spacial score (nSPS) is 21.0. The molecule has 4 unspecified atom stereocenters. The molecule has 0 radical (unpaired) electrons. The zero-order chi connectivity index (χ0) is 25.7. The molecule has 2 amide bonds. The molecule has 0 aliphatic carbocycles. The molecule has 1 aliphatic heterocycles. The first-order chi connectivity index (χ1) is 17.5. The highest BCUT2D eigenvalue weighted by atomic mass is 79.9. The molecule has 0 aromatic heterocycles. The van der Waals surface area contributed by atoms with E-state index in [1.165, 1.54) is 7.11 Å². The zero-order valence-corrected chi connectivity index (χ0v) is 21.4. The van der Waals surface area contributed by atoms with Crippen molar-refractivity contribution in [2.75, 3.05) is 13.7 Å². The van der Waals surface area contributed by atoms with Gasteiger partial charge >= 0.3 is 5.97 Å². The molecule has 4 atom stereocenters. The fraction of sp³-hybridized carbons (Fsp3) is 0.207. The van der Waals surface area contributed by atoms with E-state index >= 15 is 0 Å². The van der Waals surface area contributed by atoms with Crippen LogP contribution in [-0.2, 0) is 14.3 Å². The molecule has 4 rings (SSSR count). The SMILES string of the molecule is C=CCNC(=O)C1C(c2ccccc2)C(C(=O)OC)C(c2ccccc2)N1C(=O)c1ccccc1Br. The summed E-state index contributed by atoms with van der Waals surface area (Å²) >= 11 is 3.48. The number of hydrogen-bond acceptors (Lipinski definition) is 4. The lowest BCUT2D eigenvalue weighted by Crippen LogP contribution is -2.48. The Labute approximate surface area is 219 Å². The van der Waals surface area contributed by atoms with Crippen molar-refractivity contribution >= 4 is 33.7 Å². The smallest absolute Gasteiger partial charge is 0.311 e. The number of likely N-dealkylation sites (tertiary alicyclic amines) is 1. The van der Waals surface area contributed by atoms with Gasteiger partial charge in [-0.1, -0.05) is 78.9 Å². The number of halogens is 1. The summed E-state index contributed by atoms with van der Waals surface area (Å²) < 4.78 is 5.87. The third-order valence-electron chi connectivity index (χ3n) is 6.49. The van der Waals surface area contributed by atoms with Crippen LogP contribution in [0.2, 0.25) is 0 Å². The lowest BCUT2D eigenvalue weighted by Gasteiger charge is -2.31. The Morgan fingerprint density at radius 3 is 2.11 bits per heavy atom. The summed E-state index contributed by atoms with van der Waals surface area (Å²) in [5, 5.41) is 2.86. The monoisotopic (exact) mass is 546 g/mol. The average molecular weight is 547 g/mol. The second-order valence-electron chi connectivity index (χ2n) is 8.51. The molecule has 3 aromatic carbocycles. The predicted octanol–water partition coefficient (Wildman–Crippen LogP) is 4.89. The maximum Gasteiger partial charge on any atom is 0.311 e. The minimum absolute atomic E-state index is 0.229. The molecule has 7 heteroatoms. The van der Waals surface area contributed by atoms with Gasteiger partial charge in [0.15, 0.2) is 0 Å². The van der Waals surface area contributed by atoms with E-state index in [1.54, 1.807) is 29.2 Å². The standard InChI is InChI=1S/C29H27BrN2O4/c1-3-18-31-27(33)26-23(19-12-6-4-7-13-19)24(29(35)36-2)25(20-14-8-5-9-15-20)32(26)28(34)21-16-10-11-17-22(21)30/h3-17,23-26H,1,18H2,2H3,(H,31,33). The fourth-order valence-corrected chi connectivity index (χ4v) is 5.45. The second-order valence-corrected chi connectivity index (χ2v) is 9.37. The van der Waals surface area contributed by atoms with Gasteiger partial charge < -0.3 is 15.0 Å². The Bertz CT molecular complexity index is 1250. The number of esters is 1. The van der Waals surface area contributed by atoms with Crippen molar-refractivity contribution in [3.05, 3.63) is 119 Å². The van der Waals surface area contributed by atoms with E-state index in [9.17, 15) is 14.4 Å². The van der Waals surface area contributed by atoms with Crippen molar-refractivity contribution in [3.8, 4) is 0 Å². The number of benzene rings is 3. The summed E-state index contributed by atoms with van der Waals surface area (Å²) in [5.74, 6) is -2.66. The molecule has 0 saturated carbocycles. The van der Waals surface area contributed by atoms with E-state index in [0.29, 0.717) is 10.0 Å². The van der Waals surface area contributed by atoms with Crippen molar-refractivity contribution in [1.82, 2.24) is 10.2 Å². The number of carbonyl (C=O) groups excluding carboxylic acids is 3. The van der Waals surface area contributed by atoms with Crippen molar-refractivity contribution in [2.45, 2.75) is 18.0 Å². The molecular formula is C29H27BrN2O4. The Morgan fingerprint density at radius 1 is 0.944 bits per heavy atom. The number of carbonyl (C=O) groups is 3. The van der Waals surface area contributed by atoms with Crippen molar-refractivity contribution in [1.29, 1.82) is 0 Å². The minimum atomic E-state index is -0.971. The van der Waals surface area contributed by atoms with Crippen LogP contribution in [0.25, 0.3) is 0 Å². The highest BCUT2D eigenvalue weighted by molar-refractivity contribution is 9.10. The molecule has 1 fully saturated rings. The Balaban J connectivity index is 1.98. The third kappa shape index (κ3) is 4.84. The van der Waals surface area contributed by atoms with Gasteiger partial charge in [-0.2, -0.15) is 0 Å². The number of nitrogens with zero attached hydrogens (tertiary/aromatic N) is 1. The summed E-state index contributed by atoms with van der Waals surface area (Å²) in [6.07, 6.45) is 1.58. The molecule has 3 aromatic rings. The topological polar surface area (TPSA) is 75.7 Å². The van der Waals surface area contributed by atoms with Crippen LogP contribution in [0, 0.1) is 5.92 Å². The molecule has 1 saturated heterocycles. The molecule has 6 nitrogen and oxygen atoms in total. The zero-order valence-electron chi connectivity index (χ0n) is 19.8. The minimum Gasteiger partial charge on any atom is -0.469 e. The van der Waals surface area contributed by atoms with E-state index in [-0.39, 0.29) is 18.4 Å². The molecule has 1 heterocycles. The van der Waals surface area contributed by atoms with Crippen molar-refractivity contribution in [3.63, 3.8) is 0 Å². The van der Waals surface area contributed by atoms with E-state index in [1.807, 2.05) is 66.7 Å². The van der Waals surface area contributed by atoms with Gasteiger partial charge in [-0.3, -0.25) is 14.4 Å². The van der Waals surface area contributed by atoms with Crippen LogP contribution in [0.4, 0.5) is 0 Å². The quantitative estimate of drug-likeness (QED) is 0.338. The summed E-state index contributed by atoms with van der Waals surface area (Å²) in [7, 11) is 1.33. The van der Waals surface area contributed by atoms with Gasteiger partial charge in [0, 0.05) is 16.9 Å². The largest absolute Gasteiger partial charge is 0.469 e. The third-order valence-corrected chi connectivity index (χ3v) is 7.19. The van der Waals surface area contributed by atoms with Crippen LogP contribution in [-0.4, -0.2) is 42.4 Å². The maximum absolute atomic E-state index is 14.2. The van der Waals surface area contributed by atoms with Gasteiger partial charge in [0.25, 0.3) is 5.91 Å². The average Bonchev–Trinajstić information content (AvgIpc) is 3.28. The first-order valence-corrected chi connectivity index (χ1v) is 12.4. The molecular weight excluding hydrogens is 520 g/mol. The number of rotatable bonds is 7. The van der Waals surface area contributed by atoms with Crippen LogP contribution in [0.3, 0.4) is 0 Å². The highest BCUT2D eigenvalue weighted by Gasteiger charge is 2.58. The molecule has 1 N–H and O–H groups in total. The lowest BCUT2D eigenvalue weighted by atomic mass is 9.80. The molecule has 36 heavy (non-hydrogen) atoms. The van der Waals surface area contributed by atoms with Crippen LogP contribution in [0.5, 0.6) is 0 Å². The molecule has 0 bridgehead atoms. The van der Waals surface area contributed by atoms with Gasteiger partial charge in [0.2, 0.25) is 5.91 Å². The summed E-state index contributed by atoms with van der Waals surface area (Å²) in [6, 6.07) is 24.0. The number of ether oxygens (including phenoxy) is 1. The fourth-order valence-electron chi connectivity index (χ4n) is 5.00. The molecule has 0 spiro atoms. The Hall–Kier alpha value is -3.71. The molecule has 1 aliphatic rings.